The highest BCUT2D eigenvalue weighted by atomic mass is 16.5. The van der Waals surface area contributed by atoms with Crippen LogP contribution in [0.4, 0.5) is 0 Å². The lowest BCUT2D eigenvalue weighted by atomic mass is 9.79. The Morgan fingerprint density at radius 2 is 1.41 bits per heavy atom. The molecule has 1 aliphatic rings. The van der Waals surface area contributed by atoms with Crippen LogP contribution in [0.1, 0.15) is 116 Å². The number of unbranched alkanes of at least 4 members (excludes halogenated alkanes) is 8. The fourth-order valence-corrected chi connectivity index (χ4v) is 4.62. The van der Waals surface area contributed by atoms with Gasteiger partial charge < -0.3 is 9.47 Å². The topological polar surface area (TPSA) is 52.6 Å². The van der Waals surface area contributed by atoms with E-state index in [4.69, 9.17) is 9.47 Å². The Kier molecular flexibility index (Phi) is 12.4. The first kappa shape index (κ1) is 26.4. The first-order chi connectivity index (χ1) is 15.5. The summed E-state index contributed by atoms with van der Waals surface area (Å²) in [6, 6.07) is 7.67. The molecule has 0 N–H and O–H groups in total. The van der Waals surface area contributed by atoms with Crippen molar-refractivity contribution in [3.05, 3.63) is 29.8 Å². The standard InChI is InChI=1S/C28H44O4/c1-4-5-6-7-8-9-10-11-16-21-31-27(29)24-18-12-13-19-25(24)28(30)32-26-20-15-14-17-23(26)22(2)3/h14-15,17,20,22,24-25H,4-13,16,18-19,21H2,1-3H3. The van der Waals surface area contributed by atoms with E-state index in [1.54, 1.807) is 0 Å². The first-order valence-corrected chi connectivity index (χ1v) is 13.0. The zero-order chi connectivity index (χ0) is 23.2. The number of hydrogen-bond donors (Lipinski definition) is 0. The molecule has 0 radical (unpaired) electrons. The summed E-state index contributed by atoms with van der Waals surface area (Å²) in [7, 11) is 0. The Morgan fingerprint density at radius 3 is 2.03 bits per heavy atom. The second-order valence-corrected chi connectivity index (χ2v) is 9.61. The Labute approximate surface area is 195 Å². The van der Waals surface area contributed by atoms with Crippen LogP contribution >= 0.6 is 0 Å². The van der Waals surface area contributed by atoms with Gasteiger partial charge in [-0.05, 0) is 36.8 Å². The minimum absolute atomic E-state index is 0.219. The van der Waals surface area contributed by atoms with E-state index in [0.29, 0.717) is 25.2 Å². The third-order valence-corrected chi connectivity index (χ3v) is 6.62. The third kappa shape index (κ3) is 8.96. The maximum Gasteiger partial charge on any atom is 0.315 e. The summed E-state index contributed by atoms with van der Waals surface area (Å²) in [6.07, 6.45) is 14.4. The van der Waals surface area contributed by atoms with E-state index >= 15 is 0 Å². The molecule has 1 fully saturated rings. The van der Waals surface area contributed by atoms with Crippen molar-refractivity contribution in [2.75, 3.05) is 6.61 Å². The van der Waals surface area contributed by atoms with Crippen LogP contribution in [0.5, 0.6) is 5.75 Å². The molecule has 1 aromatic rings. The fraction of sp³-hybridized carbons (Fsp3) is 0.714. The van der Waals surface area contributed by atoms with Crippen LogP contribution in [0.25, 0.3) is 0 Å². The summed E-state index contributed by atoms with van der Waals surface area (Å²) in [4.78, 5) is 25.7. The largest absolute Gasteiger partial charge is 0.465 e. The normalized spacial score (nSPS) is 18.5. The zero-order valence-corrected chi connectivity index (χ0v) is 20.6. The molecule has 2 rings (SSSR count). The summed E-state index contributed by atoms with van der Waals surface area (Å²) in [6.45, 7) is 6.87. The number of esters is 2. The van der Waals surface area contributed by atoms with Crippen LogP contribution in [-0.2, 0) is 14.3 Å². The highest BCUT2D eigenvalue weighted by Gasteiger charge is 2.38. The number of benzene rings is 1. The van der Waals surface area contributed by atoms with E-state index in [0.717, 1.165) is 31.2 Å². The molecule has 2 atom stereocenters. The smallest absolute Gasteiger partial charge is 0.315 e. The van der Waals surface area contributed by atoms with Gasteiger partial charge in [-0.25, -0.2) is 0 Å². The van der Waals surface area contributed by atoms with Gasteiger partial charge in [0.05, 0.1) is 18.4 Å². The predicted octanol–water partition coefficient (Wildman–Crippen LogP) is 7.60. The van der Waals surface area contributed by atoms with Crippen LogP contribution in [0.3, 0.4) is 0 Å². The molecule has 2 unspecified atom stereocenters. The average Bonchev–Trinajstić information content (AvgIpc) is 2.80. The average molecular weight is 445 g/mol. The molecule has 4 nitrogen and oxygen atoms in total. The maximum atomic E-state index is 13.0. The Hall–Kier alpha value is -1.84. The number of hydrogen-bond acceptors (Lipinski definition) is 4. The van der Waals surface area contributed by atoms with Gasteiger partial charge in [0.25, 0.3) is 0 Å². The maximum absolute atomic E-state index is 13.0. The number of rotatable bonds is 14. The van der Waals surface area contributed by atoms with E-state index in [9.17, 15) is 9.59 Å². The second kappa shape index (κ2) is 15.1. The first-order valence-electron chi connectivity index (χ1n) is 13.0. The molecular weight excluding hydrogens is 400 g/mol. The van der Waals surface area contributed by atoms with Crippen LogP contribution in [-0.4, -0.2) is 18.5 Å². The molecule has 0 spiro atoms. The van der Waals surface area contributed by atoms with Crippen molar-refractivity contribution in [2.24, 2.45) is 11.8 Å². The van der Waals surface area contributed by atoms with Crippen molar-refractivity contribution in [2.45, 2.75) is 110 Å². The molecule has 0 heterocycles. The molecule has 1 saturated carbocycles. The third-order valence-electron chi connectivity index (χ3n) is 6.62. The minimum Gasteiger partial charge on any atom is -0.465 e. The van der Waals surface area contributed by atoms with Crippen molar-refractivity contribution < 1.29 is 19.1 Å². The molecule has 32 heavy (non-hydrogen) atoms. The quantitative estimate of drug-likeness (QED) is 0.168. The highest BCUT2D eigenvalue weighted by Crippen LogP contribution is 2.34. The van der Waals surface area contributed by atoms with E-state index < -0.39 is 5.92 Å². The van der Waals surface area contributed by atoms with Gasteiger partial charge >= 0.3 is 11.9 Å². The molecule has 0 aliphatic heterocycles. The lowest BCUT2D eigenvalue weighted by Gasteiger charge is -2.28. The summed E-state index contributed by atoms with van der Waals surface area (Å²) in [5.41, 5.74) is 1.01. The fourth-order valence-electron chi connectivity index (χ4n) is 4.62. The summed E-state index contributed by atoms with van der Waals surface area (Å²) < 4.78 is 11.4. The van der Waals surface area contributed by atoms with E-state index in [2.05, 4.69) is 20.8 Å². The molecule has 0 aromatic heterocycles. The monoisotopic (exact) mass is 444 g/mol. The van der Waals surface area contributed by atoms with Crippen LogP contribution in [0.15, 0.2) is 24.3 Å². The van der Waals surface area contributed by atoms with E-state index in [-0.39, 0.29) is 23.8 Å². The molecule has 0 amide bonds. The van der Waals surface area contributed by atoms with Gasteiger partial charge in [0.15, 0.2) is 0 Å². The van der Waals surface area contributed by atoms with E-state index in [1.165, 1.54) is 44.9 Å². The predicted molar refractivity (Wildman–Crippen MR) is 130 cm³/mol. The van der Waals surface area contributed by atoms with Gasteiger partial charge in [-0.3, -0.25) is 9.59 Å². The van der Waals surface area contributed by atoms with Gasteiger partial charge in [0.1, 0.15) is 5.75 Å². The molecule has 1 aromatic carbocycles. The van der Waals surface area contributed by atoms with Crippen molar-refractivity contribution in [3.63, 3.8) is 0 Å². The lowest BCUT2D eigenvalue weighted by molar-refractivity contribution is -0.158. The molecule has 1 aliphatic carbocycles. The van der Waals surface area contributed by atoms with Crippen LogP contribution in [0, 0.1) is 11.8 Å². The lowest BCUT2D eigenvalue weighted by Crippen LogP contribution is -2.36. The molecule has 0 bridgehead atoms. The SMILES string of the molecule is CCCCCCCCCCCOC(=O)C1CCCCC1C(=O)Oc1ccccc1C(C)C. The number of ether oxygens (including phenoxy) is 2. The second-order valence-electron chi connectivity index (χ2n) is 9.61. The van der Waals surface area contributed by atoms with Gasteiger partial charge in [-0.15, -0.1) is 0 Å². The summed E-state index contributed by atoms with van der Waals surface area (Å²) in [5, 5.41) is 0. The zero-order valence-electron chi connectivity index (χ0n) is 20.6. The summed E-state index contributed by atoms with van der Waals surface area (Å²) >= 11 is 0. The van der Waals surface area contributed by atoms with Crippen LogP contribution < -0.4 is 4.74 Å². The summed E-state index contributed by atoms with van der Waals surface area (Å²) in [5.74, 6) is -0.408. The molecule has 4 heteroatoms. The highest BCUT2D eigenvalue weighted by molar-refractivity contribution is 5.83. The number of carbonyl (C=O) groups is 2. The Bertz CT molecular complexity index is 682. The molecule has 180 valence electrons. The minimum atomic E-state index is -0.403. The van der Waals surface area contributed by atoms with Crippen molar-refractivity contribution in [1.29, 1.82) is 0 Å². The van der Waals surface area contributed by atoms with Crippen molar-refractivity contribution in [1.82, 2.24) is 0 Å². The van der Waals surface area contributed by atoms with Gasteiger partial charge in [0.2, 0.25) is 0 Å². The molecular formula is C28H44O4. The number of carbonyl (C=O) groups excluding carboxylic acids is 2. The van der Waals surface area contributed by atoms with Crippen molar-refractivity contribution >= 4 is 11.9 Å². The molecule has 0 saturated heterocycles. The van der Waals surface area contributed by atoms with Gasteiger partial charge in [0, 0.05) is 0 Å². The Balaban J connectivity index is 1.75. The van der Waals surface area contributed by atoms with Gasteiger partial charge in [-0.2, -0.15) is 0 Å². The van der Waals surface area contributed by atoms with Crippen molar-refractivity contribution in [3.8, 4) is 5.75 Å². The van der Waals surface area contributed by atoms with Crippen LogP contribution in [0.2, 0.25) is 0 Å². The van der Waals surface area contributed by atoms with E-state index in [1.807, 2.05) is 24.3 Å². The Morgan fingerprint density at radius 1 is 0.844 bits per heavy atom. The number of para-hydroxylation sites is 1. The van der Waals surface area contributed by atoms with Gasteiger partial charge in [-0.1, -0.05) is 103 Å².